The van der Waals surface area contributed by atoms with Crippen molar-refractivity contribution in [1.29, 1.82) is 0 Å². The lowest BCUT2D eigenvalue weighted by Gasteiger charge is -2.09. The number of benzene rings is 1. The highest BCUT2D eigenvalue weighted by Crippen LogP contribution is 2.24. The van der Waals surface area contributed by atoms with E-state index in [1.165, 1.54) is 0 Å². The van der Waals surface area contributed by atoms with Gasteiger partial charge >= 0.3 is 0 Å². The van der Waals surface area contributed by atoms with Gasteiger partial charge in [0.05, 0.1) is 7.11 Å². The quantitative estimate of drug-likeness (QED) is 0.878. The number of rotatable bonds is 5. The van der Waals surface area contributed by atoms with E-state index in [1.807, 2.05) is 43.4 Å². The molecule has 0 aliphatic carbocycles. The van der Waals surface area contributed by atoms with E-state index in [0.29, 0.717) is 5.88 Å². The molecule has 4 nitrogen and oxygen atoms in total. The van der Waals surface area contributed by atoms with Crippen LogP contribution in [0.15, 0.2) is 42.6 Å². The van der Waals surface area contributed by atoms with E-state index in [4.69, 9.17) is 9.47 Å². The zero-order chi connectivity index (χ0) is 12.8. The SMILES string of the molecule is CNCc1cccnc1Oc1ccc(OC)cc1. The van der Waals surface area contributed by atoms with Crippen molar-refractivity contribution < 1.29 is 9.47 Å². The summed E-state index contributed by atoms with van der Waals surface area (Å²) < 4.78 is 10.9. The van der Waals surface area contributed by atoms with Gasteiger partial charge in [0.15, 0.2) is 0 Å². The molecule has 0 amide bonds. The molecule has 1 heterocycles. The highest BCUT2D eigenvalue weighted by molar-refractivity contribution is 5.35. The van der Waals surface area contributed by atoms with Crippen molar-refractivity contribution in [1.82, 2.24) is 10.3 Å². The van der Waals surface area contributed by atoms with E-state index >= 15 is 0 Å². The monoisotopic (exact) mass is 244 g/mol. The maximum atomic E-state index is 5.75. The predicted molar refractivity (Wildman–Crippen MR) is 70.1 cm³/mol. The maximum Gasteiger partial charge on any atom is 0.223 e. The molecule has 0 radical (unpaired) electrons. The van der Waals surface area contributed by atoms with Crippen LogP contribution in [0.2, 0.25) is 0 Å². The van der Waals surface area contributed by atoms with Crippen LogP contribution in [-0.4, -0.2) is 19.1 Å². The van der Waals surface area contributed by atoms with Gasteiger partial charge < -0.3 is 14.8 Å². The van der Waals surface area contributed by atoms with Crippen LogP contribution in [0.4, 0.5) is 0 Å². The van der Waals surface area contributed by atoms with Crippen LogP contribution in [0.1, 0.15) is 5.56 Å². The van der Waals surface area contributed by atoms with Crippen molar-refractivity contribution in [2.24, 2.45) is 0 Å². The van der Waals surface area contributed by atoms with E-state index in [0.717, 1.165) is 23.6 Å². The number of hydrogen-bond acceptors (Lipinski definition) is 4. The number of pyridine rings is 1. The summed E-state index contributed by atoms with van der Waals surface area (Å²) in [5.41, 5.74) is 1.02. The van der Waals surface area contributed by atoms with Gasteiger partial charge in [0.2, 0.25) is 5.88 Å². The minimum absolute atomic E-state index is 0.622. The van der Waals surface area contributed by atoms with Crippen LogP contribution in [0.5, 0.6) is 17.4 Å². The third-order valence-electron chi connectivity index (χ3n) is 2.49. The Morgan fingerprint density at radius 3 is 2.50 bits per heavy atom. The van der Waals surface area contributed by atoms with E-state index in [9.17, 15) is 0 Å². The summed E-state index contributed by atoms with van der Waals surface area (Å²) in [6, 6.07) is 11.3. The van der Waals surface area contributed by atoms with Crippen LogP contribution in [0.25, 0.3) is 0 Å². The Balaban J connectivity index is 2.17. The average Bonchev–Trinajstić information content (AvgIpc) is 2.42. The van der Waals surface area contributed by atoms with Gasteiger partial charge in [-0.25, -0.2) is 4.98 Å². The van der Waals surface area contributed by atoms with Gasteiger partial charge in [-0.05, 0) is 37.4 Å². The Bertz CT molecular complexity index is 497. The number of aromatic nitrogens is 1. The van der Waals surface area contributed by atoms with E-state index in [1.54, 1.807) is 13.3 Å². The highest BCUT2D eigenvalue weighted by atomic mass is 16.5. The summed E-state index contributed by atoms with van der Waals surface area (Å²) in [6.45, 7) is 0.722. The third-order valence-corrected chi connectivity index (χ3v) is 2.49. The van der Waals surface area contributed by atoms with Gasteiger partial charge in [-0.2, -0.15) is 0 Å². The summed E-state index contributed by atoms with van der Waals surface area (Å²) in [5, 5.41) is 3.09. The van der Waals surface area contributed by atoms with Crippen molar-refractivity contribution >= 4 is 0 Å². The Morgan fingerprint density at radius 1 is 1.11 bits per heavy atom. The van der Waals surface area contributed by atoms with Crippen molar-refractivity contribution in [2.75, 3.05) is 14.2 Å². The Kier molecular flexibility index (Phi) is 4.15. The molecule has 0 bridgehead atoms. The number of nitrogens with one attached hydrogen (secondary N) is 1. The molecule has 1 N–H and O–H groups in total. The number of ether oxygens (including phenoxy) is 2. The molecule has 18 heavy (non-hydrogen) atoms. The molecular weight excluding hydrogens is 228 g/mol. The van der Waals surface area contributed by atoms with Gasteiger partial charge in [0.1, 0.15) is 11.5 Å². The molecule has 2 aromatic rings. The lowest BCUT2D eigenvalue weighted by atomic mass is 10.2. The molecule has 2 rings (SSSR count). The Hall–Kier alpha value is -2.07. The number of methoxy groups -OCH3 is 1. The van der Waals surface area contributed by atoms with Crippen LogP contribution < -0.4 is 14.8 Å². The van der Waals surface area contributed by atoms with E-state index in [-0.39, 0.29) is 0 Å². The predicted octanol–water partition coefficient (Wildman–Crippen LogP) is 2.60. The summed E-state index contributed by atoms with van der Waals surface area (Å²) in [5.74, 6) is 2.17. The minimum atomic E-state index is 0.622. The molecule has 4 heteroatoms. The molecule has 1 aromatic carbocycles. The molecular formula is C14H16N2O2. The fourth-order valence-electron chi connectivity index (χ4n) is 1.60. The van der Waals surface area contributed by atoms with Crippen LogP contribution in [-0.2, 0) is 6.54 Å². The number of nitrogens with zero attached hydrogens (tertiary/aromatic N) is 1. The molecule has 0 saturated heterocycles. The molecule has 1 aromatic heterocycles. The first kappa shape index (κ1) is 12.4. The first-order valence-electron chi connectivity index (χ1n) is 5.74. The molecule has 94 valence electrons. The van der Waals surface area contributed by atoms with Crippen molar-refractivity contribution in [3.63, 3.8) is 0 Å². The van der Waals surface area contributed by atoms with E-state index in [2.05, 4.69) is 10.3 Å². The Morgan fingerprint density at radius 2 is 1.83 bits per heavy atom. The lowest BCUT2D eigenvalue weighted by molar-refractivity contribution is 0.411. The molecule has 0 unspecified atom stereocenters. The molecule has 0 fully saturated rings. The van der Waals surface area contributed by atoms with Gasteiger partial charge in [-0.1, -0.05) is 6.07 Å². The summed E-state index contributed by atoms with van der Waals surface area (Å²) in [7, 11) is 3.53. The van der Waals surface area contributed by atoms with Crippen LogP contribution in [0, 0.1) is 0 Å². The molecule has 0 spiro atoms. The average molecular weight is 244 g/mol. The van der Waals surface area contributed by atoms with Crippen molar-refractivity contribution in [3.8, 4) is 17.4 Å². The Labute approximate surface area is 107 Å². The fourth-order valence-corrected chi connectivity index (χ4v) is 1.60. The lowest BCUT2D eigenvalue weighted by Crippen LogP contribution is -2.07. The zero-order valence-corrected chi connectivity index (χ0v) is 10.5. The van der Waals surface area contributed by atoms with Crippen LogP contribution in [0.3, 0.4) is 0 Å². The third kappa shape index (κ3) is 2.99. The second-order valence-corrected chi connectivity index (χ2v) is 3.78. The molecule has 0 saturated carbocycles. The zero-order valence-electron chi connectivity index (χ0n) is 10.5. The highest BCUT2D eigenvalue weighted by Gasteiger charge is 2.05. The summed E-state index contributed by atoms with van der Waals surface area (Å²) in [4.78, 5) is 4.24. The molecule has 0 aliphatic heterocycles. The minimum Gasteiger partial charge on any atom is -0.497 e. The largest absolute Gasteiger partial charge is 0.497 e. The van der Waals surface area contributed by atoms with E-state index < -0.39 is 0 Å². The second kappa shape index (κ2) is 6.02. The van der Waals surface area contributed by atoms with Crippen LogP contribution >= 0.6 is 0 Å². The fraction of sp³-hybridized carbons (Fsp3) is 0.214. The standard InChI is InChI=1S/C14H16N2O2/c1-15-10-11-4-3-9-16-14(11)18-13-7-5-12(17-2)6-8-13/h3-9,15H,10H2,1-2H3. The molecule has 0 atom stereocenters. The maximum absolute atomic E-state index is 5.75. The first-order valence-corrected chi connectivity index (χ1v) is 5.74. The van der Waals surface area contributed by atoms with Gasteiger partial charge in [0.25, 0.3) is 0 Å². The topological polar surface area (TPSA) is 43.4 Å². The smallest absolute Gasteiger partial charge is 0.223 e. The summed E-state index contributed by atoms with van der Waals surface area (Å²) in [6.07, 6.45) is 1.72. The number of hydrogen-bond donors (Lipinski definition) is 1. The second-order valence-electron chi connectivity index (χ2n) is 3.78. The normalized spacial score (nSPS) is 10.1. The summed E-state index contributed by atoms with van der Waals surface area (Å²) >= 11 is 0. The van der Waals surface area contributed by atoms with Crippen molar-refractivity contribution in [3.05, 3.63) is 48.2 Å². The van der Waals surface area contributed by atoms with Gasteiger partial charge in [-0.3, -0.25) is 0 Å². The van der Waals surface area contributed by atoms with Crippen molar-refractivity contribution in [2.45, 2.75) is 6.54 Å². The molecule has 0 aliphatic rings. The van der Waals surface area contributed by atoms with Gasteiger partial charge in [-0.15, -0.1) is 0 Å². The van der Waals surface area contributed by atoms with Gasteiger partial charge in [0, 0.05) is 18.3 Å². The first-order chi connectivity index (χ1) is 8.83.